The van der Waals surface area contributed by atoms with Gasteiger partial charge in [-0.15, -0.1) is 0 Å². The van der Waals surface area contributed by atoms with E-state index in [4.69, 9.17) is 0 Å². The van der Waals surface area contributed by atoms with Crippen LogP contribution in [-0.2, 0) is 4.79 Å². The van der Waals surface area contributed by atoms with Crippen LogP contribution in [0.2, 0.25) is 0 Å². The molecule has 2 fully saturated rings. The third kappa shape index (κ3) is 6.63. The molecule has 0 bridgehead atoms. The zero-order valence-electron chi connectivity index (χ0n) is 15.1. The summed E-state index contributed by atoms with van der Waals surface area (Å²) >= 11 is 0. The fraction of sp³-hybridized carbons (Fsp3) is 0.941. The van der Waals surface area contributed by atoms with Gasteiger partial charge in [0.1, 0.15) is 0 Å². The Bertz CT molecular complexity index is 297. The second-order valence-electron chi connectivity index (χ2n) is 6.18. The predicted octanol–water partition coefficient (Wildman–Crippen LogP) is 1.11. The lowest BCUT2D eigenvalue weighted by molar-refractivity contribution is -0.131. The summed E-state index contributed by atoms with van der Waals surface area (Å²) in [5.41, 5.74) is 0. The van der Waals surface area contributed by atoms with Gasteiger partial charge in [-0.1, -0.05) is 13.8 Å². The molecule has 0 atom stereocenters. The molecule has 0 aromatic rings. The van der Waals surface area contributed by atoms with Crippen molar-refractivity contribution < 1.29 is 4.79 Å². The molecule has 2 heterocycles. The molecule has 5 heteroatoms. The van der Waals surface area contributed by atoms with Crippen molar-refractivity contribution in [1.29, 1.82) is 0 Å². The van der Waals surface area contributed by atoms with Gasteiger partial charge in [-0.3, -0.25) is 9.69 Å². The van der Waals surface area contributed by atoms with Crippen molar-refractivity contribution in [3.8, 4) is 0 Å². The summed E-state index contributed by atoms with van der Waals surface area (Å²) in [6.07, 6.45) is 2.64. The number of nitrogens with one attached hydrogen (secondary N) is 1. The first kappa shape index (κ1) is 19.4. The summed E-state index contributed by atoms with van der Waals surface area (Å²) in [6.45, 7) is 15.3. The minimum Gasteiger partial charge on any atom is -0.345 e. The van der Waals surface area contributed by atoms with Gasteiger partial charge in [-0.25, -0.2) is 0 Å². The first-order valence-electron chi connectivity index (χ1n) is 9.08. The SMILES string of the molecule is CC.CCN(C)C(=O)CN1CCN(CC2CCNCC2)CC1. The average molecular weight is 313 g/mol. The molecule has 0 aromatic heterocycles. The minimum absolute atomic E-state index is 0.249. The molecule has 0 radical (unpaired) electrons. The number of hydrogen-bond acceptors (Lipinski definition) is 4. The highest BCUT2D eigenvalue weighted by molar-refractivity contribution is 5.77. The Morgan fingerprint density at radius 3 is 2.18 bits per heavy atom. The van der Waals surface area contributed by atoms with Crippen molar-refractivity contribution in [3.05, 3.63) is 0 Å². The molecule has 0 aromatic carbocycles. The maximum atomic E-state index is 11.9. The molecule has 0 saturated carbocycles. The molecule has 2 saturated heterocycles. The summed E-state index contributed by atoms with van der Waals surface area (Å²) in [7, 11) is 1.88. The van der Waals surface area contributed by atoms with Crippen LogP contribution in [0.25, 0.3) is 0 Å². The summed E-state index contributed by atoms with van der Waals surface area (Å²) in [5, 5.41) is 3.43. The van der Waals surface area contributed by atoms with Crippen LogP contribution in [0.3, 0.4) is 0 Å². The zero-order valence-corrected chi connectivity index (χ0v) is 15.1. The average Bonchev–Trinajstić information content (AvgIpc) is 2.58. The van der Waals surface area contributed by atoms with E-state index < -0.39 is 0 Å². The van der Waals surface area contributed by atoms with Gasteiger partial charge in [0, 0.05) is 46.3 Å². The Hall–Kier alpha value is -0.650. The van der Waals surface area contributed by atoms with Gasteiger partial charge in [0.2, 0.25) is 5.91 Å². The standard InChI is InChI=1S/C15H30N4O.C2H6/c1-3-17(2)15(20)13-19-10-8-18(9-11-19)12-14-4-6-16-7-5-14;1-2/h14,16H,3-13H2,1-2H3;1-2H3. The number of carbonyl (C=O) groups excluding carboxylic acids is 1. The number of likely N-dealkylation sites (N-methyl/N-ethyl adjacent to an activating group) is 1. The van der Waals surface area contributed by atoms with Crippen LogP contribution in [0.15, 0.2) is 0 Å². The van der Waals surface area contributed by atoms with Crippen LogP contribution in [0.5, 0.6) is 0 Å². The monoisotopic (exact) mass is 312 g/mol. The molecule has 2 aliphatic heterocycles. The fourth-order valence-electron chi connectivity index (χ4n) is 3.05. The van der Waals surface area contributed by atoms with Crippen LogP contribution in [0, 0.1) is 5.92 Å². The quantitative estimate of drug-likeness (QED) is 0.825. The van der Waals surface area contributed by atoms with Crippen molar-refractivity contribution in [2.75, 3.05) is 66.0 Å². The van der Waals surface area contributed by atoms with E-state index in [0.29, 0.717) is 6.54 Å². The van der Waals surface area contributed by atoms with Crippen LogP contribution in [0.4, 0.5) is 0 Å². The van der Waals surface area contributed by atoms with E-state index in [9.17, 15) is 4.79 Å². The molecule has 1 N–H and O–H groups in total. The Labute approximate surface area is 137 Å². The topological polar surface area (TPSA) is 38.8 Å². The number of nitrogens with zero attached hydrogens (tertiary/aromatic N) is 3. The number of hydrogen-bond donors (Lipinski definition) is 1. The molecule has 2 aliphatic rings. The highest BCUT2D eigenvalue weighted by atomic mass is 16.2. The van der Waals surface area contributed by atoms with Gasteiger partial charge in [0.25, 0.3) is 0 Å². The lowest BCUT2D eigenvalue weighted by atomic mass is 9.97. The molecule has 130 valence electrons. The van der Waals surface area contributed by atoms with Gasteiger partial charge < -0.3 is 15.1 Å². The number of piperazine rings is 1. The van der Waals surface area contributed by atoms with Crippen molar-refractivity contribution >= 4 is 5.91 Å². The molecular formula is C17H36N4O. The Morgan fingerprint density at radius 1 is 1.09 bits per heavy atom. The van der Waals surface area contributed by atoms with Crippen LogP contribution in [-0.4, -0.2) is 86.6 Å². The van der Waals surface area contributed by atoms with Gasteiger partial charge in [0.15, 0.2) is 0 Å². The number of rotatable bonds is 5. The predicted molar refractivity (Wildman–Crippen MR) is 93.1 cm³/mol. The Kier molecular flexibility index (Phi) is 9.68. The lowest BCUT2D eigenvalue weighted by Crippen LogP contribution is -2.51. The molecule has 0 unspecified atom stereocenters. The maximum absolute atomic E-state index is 11.9. The van der Waals surface area contributed by atoms with E-state index in [-0.39, 0.29) is 5.91 Å². The van der Waals surface area contributed by atoms with E-state index in [1.807, 2.05) is 27.8 Å². The van der Waals surface area contributed by atoms with E-state index in [1.54, 1.807) is 4.90 Å². The lowest BCUT2D eigenvalue weighted by Gasteiger charge is -2.37. The van der Waals surface area contributed by atoms with E-state index in [0.717, 1.165) is 38.6 Å². The highest BCUT2D eigenvalue weighted by Gasteiger charge is 2.22. The summed E-state index contributed by atoms with van der Waals surface area (Å²) in [4.78, 5) is 18.6. The minimum atomic E-state index is 0.249. The molecular weight excluding hydrogens is 276 g/mol. The van der Waals surface area contributed by atoms with Crippen LogP contribution >= 0.6 is 0 Å². The van der Waals surface area contributed by atoms with E-state index in [2.05, 4.69) is 15.1 Å². The largest absolute Gasteiger partial charge is 0.345 e. The third-order valence-electron chi connectivity index (χ3n) is 4.70. The van der Waals surface area contributed by atoms with Crippen molar-refractivity contribution in [1.82, 2.24) is 20.0 Å². The van der Waals surface area contributed by atoms with Gasteiger partial charge in [-0.05, 0) is 38.8 Å². The number of amides is 1. The second-order valence-corrected chi connectivity index (χ2v) is 6.18. The van der Waals surface area contributed by atoms with Crippen LogP contribution < -0.4 is 5.32 Å². The van der Waals surface area contributed by atoms with Gasteiger partial charge >= 0.3 is 0 Å². The maximum Gasteiger partial charge on any atom is 0.236 e. The fourth-order valence-corrected chi connectivity index (χ4v) is 3.05. The third-order valence-corrected chi connectivity index (χ3v) is 4.70. The van der Waals surface area contributed by atoms with Gasteiger partial charge in [0.05, 0.1) is 6.54 Å². The van der Waals surface area contributed by atoms with Crippen LogP contribution in [0.1, 0.15) is 33.6 Å². The zero-order chi connectivity index (χ0) is 16.4. The number of piperidine rings is 1. The first-order chi connectivity index (χ1) is 10.7. The smallest absolute Gasteiger partial charge is 0.236 e. The number of carbonyl (C=O) groups is 1. The molecule has 0 aliphatic carbocycles. The molecule has 2 rings (SSSR count). The Balaban J connectivity index is 0.00000116. The van der Waals surface area contributed by atoms with E-state index >= 15 is 0 Å². The molecule has 5 nitrogen and oxygen atoms in total. The molecule has 0 spiro atoms. The molecule has 1 amide bonds. The second kappa shape index (κ2) is 11.0. The normalized spacial score (nSPS) is 21.1. The van der Waals surface area contributed by atoms with Crippen molar-refractivity contribution in [2.45, 2.75) is 33.6 Å². The van der Waals surface area contributed by atoms with Crippen molar-refractivity contribution in [3.63, 3.8) is 0 Å². The summed E-state index contributed by atoms with van der Waals surface area (Å²) in [5.74, 6) is 1.12. The first-order valence-corrected chi connectivity index (χ1v) is 9.08. The highest BCUT2D eigenvalue weighted by Crippen LogP contribution is 2.14. The van der Waals surface area contributed by atoms with Crippen molar-refractivity contribution in [2.24, 2.45) is 5.92 Å². The Morgan fingerprint density at radius 2 is 1.64 bits per heavy atom. The molecule has 22 heavy (non-hydrogen) atoms. The summed E-state index contributed by atoms with van der Waals surface area (Å²) in [6, 6.07) is 0. The van der Waals surface area contributed by atoms with Gasteiger partial charge in [-0.2, -0.15) is 0 Å². The summed E-state index contributed by atoms with van der Waals surface area (Å²) < 4.78 is 0. The van der Waals surface area contributed by atoms with E-state index in [1.165, 1.54) is 32.5 Å².